The first kappa shape index (κ1) is 15.5. The molecule has 25 heavy (non-hydrogen) atoms. The molecule has 0 saturated carbocycles. The molecule has 1 aliphatic rings. The Balaban J connectivity index is 1.77. The largest absolute Gasteiger partial charge is 0.366 e. The van der Waals surface area contributed by atoms with Crippen LogP contribution in [0.2, 0.25) is 0 Å². The number of fused-ring (bicyclic) bond motifs is 1. The molecule has 0 aliphatic carbocycles. The molecule has 2 aromatic heterocycles. The van der Waals surface area contributed by atoms with Crippen LogP contribution in [0.1, 0.15) is 0 Å². The maximum Gasteiger partial charge on any atom is 0.342 e. The summed E-state index contributed by atoms with van der Waals surface area (Å²) in [7, 11) is 0. The molecule has 4 rings (SSSR count). The van der Waals surface area contributed by atoms with Crippen LogP contribution in [0.4, 0.5) is 11.4 Å². The Morgan fingerprint density at radius 2 is 1.92 bits per heavy atom. The number of aromatic nitrogens is 2. The Bertz CT molecular complexity index is 992. The van der Waals surface area contributed by atoms with E-state index in [-0.39, 0.29) is 5.56 Å². The number of pyridine rings is 1. The van der Waals surface area contributed by atoms with Crippen LogP contribution in [0.5, 0.6) is 0 Å². The summed E-state index contributed by atoms with van der Waals surface area (Å²) in [6.07, 6.45) is 1.87. The van der Waals surface area contributed by atoms with Gasteiger partial charge in [0.25, 0.3) is 5.65 Å². The van der Waals surface area contributed by atoms with Gasteiger partial charge in [-0.05, 0) is 23.4 Å². The van der Waals surface area contributed by atoms with E-state index in [9.17, 15) is 9.70 Å². The fraction of sp³-hybridized carbons (Fsp3) is 0.222. The lowest BCUT2D eigenvalue weighted by Crippen LogP contribution is -2.43. The zero-order valence-corrected chi connectivity index (χ0v) is 13.6. The summed E-state index contributed by atoms with van der Waals surface area (Å²) in [6.45, 7) is 3.74. The normalized spacial score (nSPS) is 14.6. The Morgan fingerprint density at radius 1 is 1.08 bits per heavy atom. The molecule has 126 valence electrons. The number of benzene rings is 1. The number of hydrogen-bond donors (Lipinski definition) is 1. The topological polar surface area (TPSA) is 80.3 Å². The molecule has 3 heterocycles. The van der Waals surface area contributed by atoms with Gasteiger partial charge in [0.1, 0.15) is 17.6 Å². The first-order valence-electron chi connectivity index (χ1n) is 8.23. The third-order valence-corrected chi connectivity index (χ3v) is 4.45. The minimum absolute atomic E-state index is 0.120. The second-order valence-electron chi connectivity index (χ2n) is 6.04. The SMILES string of the molecule is O=Nc1cccc(-c2cc(=O)n3cc(N4CCNCC4)ccc3[nH+]2)c1. The molecule has 0 spiro atoms. The number of aromatic amines is 1. The third-order valence-electron chi connectivity index (χ3n) is 4.45. The van der Waals surface area contributed by atoms with E-state index in [2.05, 4.69) is 20.4 Å². The van der Waals surface area contributed by atoms with Crippen molar-refractivity contribution in [2.75, 3.05) is 31.1 Å². The molecular formula is C18H18N5O2+. The molecule has 1 fully saturated rings. The molecule has 0 radical (unpaired) electrons. The van der Waals surface area contributed by atoms with Crippen molar-refractivity contribution < 1.29 is 4.98 Å². The van der Waals surface area contributed by atoms with Crippen LogP contribution in [0.15, 0.2) is 58.6 Å². The summed E-state index contributed by atoms with van der Waals surface area (Å²) in [5, 5.41) is 6.27. The van der Waals surface area contributed by atoms with Crippen LogP contribution >= 0.6 is 0 Å². The minimum atomic E-state index is -0.120. The van der Waals surface area contributed by atoms with E-state index in [1.165, 1.54) is 0 Å². The van der Waals surface area contributed by atoms with E-state index < -0.39 is 0 Å². The van der Waals surface area contributed by atoms with Gasteiger partial charge < -0.3 is 10.2 Å². The molecule has 7 nitrogen and oxygen atoms in total. The van der Waals surface area contributed by atoms with Crippen LogP contribution in [-0.2, 0) is 0 Å². The summed E-state index contributed by atoms with van der Waals surface area (Å²) in [5.41, 5.74) is 3.36. The van der Waals surface area contributed by atoms with Gasteiger partial charge in [-0.3, -0.25) is 0 Å². The van der Waals surface area contributed by atoms with E-state index >= 15 is 0 Å². The fourth-order valence-electron chi connectivity index (χ4n) is 3.14. The van der Waals surface area contributed by atoms with Gasteiger partial charge in [-0.1, -0.05) is 12.1 Å². The van der Waals surface area contributed by atoms with Crippen molar-refractivity contribution in [3.05, 3.63) is 63.9 Å². The number of rotatable bonds is 3. The zero-order valence-electron chi connectivity index (χ0n) is 13.6. The van der Waals surface area contributed by atoms with E-state index in [0.717, 1.165) is 37.4 Å². The summed E-state index contributed by atoms with van der Waals surface area (Å²) in [6, 6.07) is 12.3. The Labute approximate surface area is 143 Å². The van der Waals surface area contributed by atoms with Gasteiger partial charge in [-0.25, -0.2) is 9.78 Å². The van der Waals surface area contributed by atoms with Gasteiger partial charge in [0, 0.05) is 37.8 Å². The fourth-order valence-corrected chi connectivity index (χ4v) is 3.14. The first-order valence-corrected chi connectivity index (χ1v) is 8.23. The lowest BCUT2D eigenvalue weighted by molar-refractivity contribution is -0.337. The predicted molar refractivity (Wildman–Crippen MR) is 96.2 cm³/mol. The summed E-state index contributed by atoms with van der Waals surface area (Å²) < 4.78 is 1.61. The van der Waals surface area contributed by atoms with Crippen molar-refractivity contribution in [1.82, 2.24) is 9.72 Å². The number of hydrogen-bond acceptors (Lipinski definition) is 5. The monoisotopic (exact) mass is 336 g/mol. The quantitative estimate of drug-likeness (QED) is 0.737. The molecule has 0 amide bonds. The number of H-pyrrole nitrogens is 1. The van der Waals surface area contributed by atoms with Crippen LogP contribution in [-0.4, -0.2) is 30.6 Å². The van der Waals surface area contributed by atoms with Crippen molar-refractivity contribution in [3.8, 4) is 11.3 Å². The highest BCUT2D eigenvalue weighted by atomic mass is 16.3. The molecule has 3 aromatic rings. The van der Waals surface area contributed by atoms with Crippen LogP contribution in [0.25, 0.3) is 16.9 Å². The Hall–Kier alpha value is -3.06. The van der Waals surface area contributed by atoms with E-state index in [1.807, 2.05) is 24.4 Å². The first-order chi connectivity index (χ1) is 12.2. The van der Waals surface area contributed by atoms with Crippen molar-refractivity contribution in [2.24, 2.45) is 5.18 Å². The lowest BCUT2D eigenvalue weighted by Gasteiger charge is -2.28. The highest BCUT2D eigenvalue weighted by Crippen LogP contribution is 2.21. The molecular weight excluding hydrogens is 318 g/mol. The van der Waals surface area contributed by atoms with Crippen molar-refractivity contribution in [1.29, 1.82) is 0 Å². The van der Waals surface area contributed by atoms with E-state index in [4.69, 9.17) is 0 Å². The Morgan fingerprint density at radius 3 is 2.72 bits per heavy atom. The number of anilines is 1. The summed E-state index contributed by atoms with van der Waals surface area (Å²) in [4.78, 5) is 28.8. The van der Waals surface area contributed by atoms with E-state index in [1.54, 1.807) is 28.7 Å². The number of piperazine rings is 1. The van der Waals surface area contributed by atoms with Gasteiger partial charge in [0.2, 0.25) is 0 Å². The number of nitrogens with zero attached hydrogens (tertiary/aromatic N) is 3. The second kappa shape index (κ2) is 6.45. The second-order valence-corrected chi connectivity index (χ2v) is 6.04. The minimum Gasteiger partial charge on any atom is -0.366 e. The highest BCUT2D eigenvalue weighted by molar-refractivity contribution is 5.62. The number of nitroso groups, excluding NO2 is 1. The molecule has 0 bridgehead atoms. The van der Waals surface area contributed by atoms with Crippen molar-refractivity contribution in [2.45, 2.75) is 0 Å². The molecule has 0 atom stereocenters. The van der Waals surface area contributed by atoms with E-state index in [0.29, 0.717) is 17.0 Å². The number of nitrogens with one attached hydrogen (secondary N) is 2. The standard InChI is InChI=1S/C18H17N5O2/c24-18-11-16(13-2-1-3-14(10-13)21-25)20-17-5-4-15(12-23(17)18)22-8-6-19-7-9-22/h1-5,10-12,19H,6-9H2/p+1. The molecule has 1 aliphatic heterocycles. The van der Waals surface area contributed by atoms with Crippen molar-refractivity contribution >= 4 is 17.0 Å². The van der Waals surface area contributed by atoms with Gasteiger partial charge in [0.15, 0.2) is 0 Å². The molecule has 7 heteroatoms. The third kappa shape index (κ3) is 3.01. The van der Waals surface area contributed by atoms with Crippen LogP contribution < -0.4 is 20.8 Å². The maximum atomic E-state index is 12.6. The molecule has 0 unspecified atom stereocenters. The van der Waals surface area contributed by atoms with Crippen molar-refractivity contribution in [3.63, 3.8) is 0 Å². The zero-order chi connectivity index (χ0) is 17.2. The van der Waals surface area contributed by atoms with Gasteiger partial charge >= 0.3 is 5.56 Å². The van der Waals surface area contributed by atoms with Gasteiger partial charge in [-0.15, -0.1) is 4.91 Å². The predicted octanol–water partition coefficient (Wildman–Crippen LogP) is 1.59. The van der Waals surface area contributed by atoms with Gasteiger partial charge in [0.05, 0.1) is 11.8 Å². The molecule has 1 aromatic carbocycles. The van der Waals surface area contributed by atoms with Crippen LogP contribution in [0.3, 0.4) is 0 Å². The molecule has 2 N–H and O–H groups in total. The average Bonchev–Trinajstić information content (AvgIpc) is 2.68. The summed E-state index contributed by atoms with van der Waals surface area (Å²) >= 11 is 0. The molecule has 1 saturated heterocycles. The smallest absolute Gasteiger partial charge is 0.342 e. The van der Waals surface area contributed by atoms with Gasteiger partial charge in [-0.2, -0.15) is 4.40 Å². The lowest BCUT2D eigenvalue weighted by atomic mass is 10.1. The van der Waals surface area contributed by atoms with Crippen LogP contribution in [0, 0.1) is 4.91 Å². The maximum absolute atomic E-state index is 12.6. The Kier molecular flexibility index (Phi) is 3.99. The highest BCUT2D eigenvalue weighted by Gasteiger charge is 2.16. The summed E-state index contributed by atoms with van der Waals surface area (Å²) in [5.74, 6) is 0. The average molecular weight is 336 g/mol.